The summed E-state index contributed by atoms with van der Waals surface area (Å²) in [5.74, 6) is 1.18. The molecule has 0 aliphatic heterocycles. The Labute approximate surface area is 143 Å². The molecule has 6 nitrogen and oxygen atoms in total. The number of thiophene rings is 1. The number of hydrogen-bond donors (Lipinski definition) is 1. The molecule has 124 valence electrons. The monoisotopic (exact) mass is 343 g/mol. The van der Waals surface area contributed by atoms with Gasteiger partial charge in [-0.15, -0.1) is 11.3 Å². The van der Waals surface area contributed by atoms with Gasteiger partial charge in [-0.05, 0) is 37.4 Å². The Bertz CT molecular complexity index is 812. The molecule has 0 bridgehead atoms. The van der Waals surface area contributed by atoms with Crippen LogP contribution >= 0.6 is 11.3 Å². The van der Waals surface area contributed by atoms with Gasteiger partial charge in [0.15, 0.2) is 0 Å². The predicted octanol–water partition coefficient (Wildman–Crippen LogP) is 3.52. The van der Waals surface area contributed by atoms with Crippen molar-refractivity contribution < 1.29 is 14.1 Å². The Morgan fingerprint density at radius 1 is 1.29 bits per heavy atom. The van der Waals surface area contributed by atoms with Gasteiger partial charge in [0.25, 0.3) is 5.91 Å². The molecule has 0 aliphatic rings. The van der Waals surface area contributed by atoms with Gasteiger partial charge in [0.05, 0.1) is 23.1 Å². The smallest absolute Gasteiger partial charge is 0.255 e. The highest BCUT2D eigenvalue weighted by Crippen LogP contribution is 2.22. The van der Waals surface area contributed by atoms with Gasteiger partial charge in [-0.1, -0.05) is 23.4 Å². The summed E-state index contributed by atoms with van der Waals surface area (Å²) in [6.07, 6.45) is -0.0109. The lowest BCUT2D eigenvalue weighted by Gasteiger charge is -2.13. The maximum absolute atomic E-state index is 12.4. The molecule has 0 aliphatic carbocycles. The number of nitrogens with one attached hydrogen (secondary N) is 1. The van der Waals surface area contributed by atoms with Gasteiger partial charge in [-0.2, -0.15) is 4.98 Å². The van der Waals surface area contributed by atoms with Gasteiger partial charge >= 0.3 is 0 Å². The first kappa shape index (κ1) is 16.2. The zero-order chi connectivity index (χ0) is 16.9. The summed E-state index contributed by atoms with van der Waals surface area (Å²) in [6.45, 7) is 3.99. The molecule has 0 saturated heterocycles. The van der Waals surface area contributed by atoms with Crippen molar-refractivity contribution >= 4 is 17.2 Å². The minimum Gasteiger partial charge on any atom is -0.490 e. The number of aromatic nitrogens is 2. The number of benzene rings is 1. The highest BCUT2D eigenvalue weighted by molar-refractivity contribution is 7.13. The van der Waals surface area contributed by atoms with E-state index in [-0.39, 0.29) is 18.6 Å². The second kappa shape index (κ2) is 7.27. The Kier molecular flexibility index (Phi) is 4.90. The molecule has 0 radical (unpaired) electrons. The molecule has 7 heteroatoms. The molecule has 3 rings (SSSR count). The van der Waals surface area contributed by atoms with Crippen molar-refractivity contribution in [2.24, 2.45) is 0 Å². The zero-order valence-corrected chi connectivity index (χ0v) is 14.2. The molecule has 1 aromatic carbocycles. The fourth-order valence-corrected chi connectivity index (χ4v) is 2.74. The van der Waals surface area contributed by atoms with Crippen LogP contribution < -0.4 is 10.1 Å². The van der Waals surface area contributed by atoms with Crippen LogP contribution in [-0.2, 0) is 6.54 Å². The number of rotatable bonds is 6. The minimum absolute atomic E-state index is 0.0109. The van der Waals surface area contributed by atoms with E-state index in [4.69, 9.17) is 9.26 Å². The molecule has 1 amide bonds. The normalized spacial score (nSPS) is 10.8. The number of hydrogen-bond acceptors (Lipinski definition) is 6. The number of carbonyl (C=O) groups excluding carboxylic acids is 1. The number of ether oxygens (including phenoxy) is 1. The van der Waals surface area contributed by atoms with E-state index < -0.39 is 0 Å². The van der Waals surface area contributed by atoms with E-state index in [2.05, 4.69) is 15.5 Å². The second-order valence-electron chi connectivity index (χ2n) is 5.33. The summed E-state index contributed by atoms with van der Waals surface area (Å²) in [6, 6.07) is 11.0. The highest BCUT2D eigenvalue weighted by atomic mass is 32.1. The summed E-state index contributed by atoms with van der Waals surface area (Å²) in [7, 11) is 0. The highest BCUT2D eigenvalue weighted by Gasteiger charge is 2.15. The summed E-state index contributed by atoms with van der Waals surface area (Å²) in [4.78, 5) is 17.6. The number of nitrogens with zero attached hydrogens (tertiary/aromatic N) is 2. The van der Waals surface area contributed by atoms with Crippen molar-refractivity contribution in [3.63, 3.8) is 0 Å². The fourth-order valence-electron chi connectivity index (χ4n) is 2.09. The zero-order valence-electron chi connectivity index (χ0n) is 13.4. The van der Waals surface area contributed by atoms with Crippen molar-refractivity contribution in [1.29, 1.82) is 0 Å². The third-order valence-corrected chi connectivity index (χ3v) is 3.97. The van der Waals surface area contributed by atoms with Gasteiger partial charge < -0.3 is 14.6 Å². The van der Waals surface area contributed by atoms with E-state index >= 15 is 0 Å². The summed E-state index contributed by atoms with van der Waals surface area (Å²) in [5, 5.41) is 8.63. The molecule has 0 saturated carbocycles. The lowest BCUT2D eigenvalue weighted by molar-refractivity contribution is 0.0940. The topological polar surface area (TPSA) is 77.2 Å². The van der Waals surface area contributed by atoms with Crippen molar-refractivity contribution in [2.45, 2.75) is 26.5 Å². The van der Waals surface area contributed by atoms with Crippen LogP contribution in [0.15, 0.2) is 46.3 Å². The van der Waals surface area contributed by atoms with Crippen molar-refractivity contribution in [3.05, 3.63) is 53.2 Å². The van der Waals surface area contributed by atoms with E-state index in [1.807, 2.05) is 37.4 Å². The minimum atomic E-state index is -0.248. The molecule has 0 unspecified atom stereocenters. The maximum Gasteiger partial charge on any atom is 0.255 e. The van der Waals surface area contributed by atoms with E-state index in [1.165, 1.54) is 11.3 Å². The van der Waals surface area contributed by atoms with Crippen molar-refractivity contribution in [2.75, 3.05) is 0 Å². The van der Waals surface area contributed by atoms with E-state index in [9.17, 15) is 4.79 Å². The molecular formula is C17H17N3O3S. The van der Waals surface area contributed by atoms with Crippen molar-refractivity contribution in [3.8, 4) is 16.5 Å². The number of carbonyl (C=O) groups is 1. The molecule has 0 fully saturated rings. The molecule has 1 N–H and O–H groups in total. The lowest BCUT2D eigenvalue weighted by Crippen LogP contribution is -2.24. The molecule has 2 heterocycles. The molecule has 0 spiro atoms. The van der Waals surface area contributed by atoms with Crippen LogP contribution in [0.5, 0.6) is 5.75 Å². The van der Waals surface area contributed by atoms with Gasteiger partial charge in [0.2, 0.25) is 11.7 Å². The molecule has 2 aromatic heterocycles. The first-order chi connectivity index (χ1) is 11.6. The van der Waals surface area contributed by atoms with Crippen LogP contribution in [0.25, 0.3) is 10.7 Å². The first-order valence-corrected chi connectivity index (χ1v) is 8.42. The summed E-state index contributed by atoms with van der Waals surface area (Å²) >= 11 is 1.53. The molecule has 24 heavy (non-hydrogen) atoms. The van der Waals surface area contributed by atoms with Crippen LogP contribution in [0, 0.1) is 0 Å². The Morgan fingerprint density at radius 3 is 2.88 bits per heavy atom. The molecular weight excluding hydrogens is 326 g/mol. The SMILES string of the molecule is CC(C)Oc1ccccc1C(=O)NCc1nc(-c2cccs2)no1. The first-order valence-electron chi connectivity index (χ1n) is 7.54. The van der Waals surface area contributed by atoms with Crippen LogP contribution in [-0.4, -0.2) is 22.2 Å². The second-order valence-corrected chi connectivity index (χ2v) is 6.28. The van der Waals surface area contributed by atoms with Gasteiger partial charge in [-0.3, -0.25) is 4.79 Å². The molecule has 3 aromatic rings. The van der Waals surface area contributed by atoms with E-state index in [0.717, 1.165) is 4.88 Å². The van der Waals surface area contributed by atoms with Crippen LogP contribution in [0.3, 0.4) is 0 Å². The average Bonchev–Trinajstić information content (AvgIpc) is 3.24. The predicted molar refractivity (Wildman–Crippen MR) is 91.0 cm³/mol. The summed E-state index contributed by atoms with van der Waals surface area (Å²) < 4.78 is 10.8. The number of amides is 1. The van der Waals surface area contributed by atoms with Crippen LogP contribution in [0.1, 0.15) is 30.1 Å². The van der Waals surface area contributed by atoms with E-state index in [0.29, 0.717) is 23.0 Å². The Morgan fingerprint density at radius 2 is 2.12 bits per heavy atom. The van der Waals surface area contributed by atoms with Gasteiger partial charge in [0.1, 0.15) is 5.75 Å². The standard InChI is InChI=1S/C17H17N3O3S/c1-11(2)22-13-7-4-3-6-12(13)17(21)18-10-15-19-16(20-23-15)14-8-5-9-24-14/h3-9,11H,10H2,1-2H3,(H,18,21). The number of para-hydroxylation sites is 1. The largest absolute Gasteiger partial charge is 0.490 e. The quantitative estimate of drug-likeness (QED) is 0.741. The van der Waals surface area contributed by atoms with Crippen LogP contribution in [0.4, 0.5) is 0 Å². The van der Waals surface area contributed by atoms with Gasteiger partial charge in [0, 0.05) is 0 Å². The van der Waals surface area contributed by atoms with E-state index in [1.54, 1.807) is 18.2 Å². The van der Waals surface area contributed by atoms with Gasteiger partial charge in [-0.25, -0.2) is 0 Å². The average molecular weight is 343 g/mol. The fraction of sp³-hybridized carbons (Fsp3) is 0.235. The maximum atomic E-state index is 12.4. The Hall–Kier alpha value is -2.67. The summed E-state index contributed by atoms with van der Waals surface area (Å²) in [5.41, 5.74) is 0.476. The third-order valence-electron chi connectivity index (χ3n) is 3.10. The van der Waals surface area contributed by atoms with Crippen LogP contribution in [0.2, 0.25) is 0 Å². The Balaban J connectivity index is 1.66. The lowest BCUT2D eigenvalue weighted by atomic mass is 10.2. The molecule has 0 atom stereocenters. The van der Waals surface area contributed by atoms with Crippen molar-refractivity contribution in [1.82, 2.24) is 15.5 Å². The third kappa shape index (κ3) is 3.80.